The number of aromatic nitrogens is 1. The molecule has 0 fully saturated rings. The predicted molar refractivity (Wildman–Crippen MR) is 141 cm³/mol. The molecule has 0 unspecified atom stereocenters. The van der Waals surface area contributed by atoms with Gasteiger partial charge >= 0.3 is 5.97 Å². The van der Waals surface area contributed by atoms with Crippen molar-refractivity contribution in [2.45, 2.75) is 0 Å². The van der Waals surface area contributed by atoms with Gasteiger partial charge in [0.15, 0.2) is 0 Å². The van der Waals surface area contributed by atoms with E-state index < -0.39 is 5.97 Å². The molecule has 0 saturated carbocycles. The first-order chi connectivity index (χ1) is 17.7. The second-order valence-corrected chi connectivity index (χ2v) is 8.18. The summed E-state index contributed by atoms with van der Waals surface area (Å²) in [5.41, 5.74) is 5.14. The Morgan fingerprint density at radius 3 is 2.08 bits per heavy atom. The lowest BCUT2D eigenvalue weighted by atomic mass is 10.0. The number of hydrogen-bond acceptors (Lipinski definition) is 5. The third kappa shape index (κ3) is 5.20. The Morgan fingerprint density at radius 1 is 0.694 bits per heavy atom. The number of nitrogens with zero attached hydrogens (tertiary/aromatic N) is 1. The lowest BCUT2D eigenvalue weighted by Crippen LogP contribution is -2.13. The molecule has 1 aromatic heterocycles. The van der Waals surface area contributed by atoms with Gasteiger partial charge in [0.2, 0.25) is 0 Å². The Labute approximate surface area is 209 Å². The molecule has 0 radical (unpaired) electrons. The Balaban J connectivity index is 1.33. The quantitative estimate of drug-likeness (QED) is 0.182. The molecule has 0 aliphatic heterocycles. The van der Waals surface area contributed by atoms with Gasteiger partial charge in [0.1, 0.15) is 24.7 Å². The number of hydrogen-bond donors (Lipinski definition) is 0. The van der Waals surface area contributed by atoms with Crippen LogP contribution in [0.2, 0.25) is 0 Å². The van der Waals surface area contributed by atoms with E-state index in [0.29, 0.717) is 11.3 Å². The Kier molecular flexibility index (Phi) is 6.90. The van der Waals surface area contributed by atoms with E-state index in [1.165, 1.54) is 0 Å². The fraction of sp³-hybridized carbons (Fsp3) is 0.0968. The highest BCUT2D eigenvalue weighted by Crippen LogP contribution is 2.28. The molecule has 0 N–H and O–H groups in total. The number of ether oxygens (including phenoxy) is 3. The van der Waals surface area contributed by atoms with Crippen molar-refractivity contribution in [3.8, 4) is 33.9 Å². The monoisotopic (exact) mass is 475 g/mol. The van der Waals surface area contributed by atoms with E-state index in [1.54, 1.807) is 13.2 Å². The van der Waals surface area contributed by atoms with E-state index in [4.69, 9.17) is 19.2 Å². The second kappa shape index (κ2) is 10.7. The van der Waals surface area contributed by atoms with Crippen LogP contribution < -0.4 is 9.47 Å². The maximum atomic E-state index is 13.1. The molecule has 0 atom stereocenters. The summed E-state index contributed by atoms with van der Waals surface area (Å²) in [6.45, 7) is 0.373. The molecule has 36 heavy (non-hydrogen) atoms. The zero-order chi connectivity index (χ0) is 24.7. The summed E-state index contributed by atoms with van der Waals surface area (Å²) in [4.78, 5) is 17.9. The van der Waals surface area contributed by atoms with Crippen LogP contribution in [-0.4, -0.2) is 31.3 Å². The fourth-order valence-corrected chi connectivity index (χ4v) is 4.00. The summed E-state index contributed by atoms with van der Waals surface area (Å²) in [7, 11) is 1.61. The third-order valence-electron chi connectivity index (χ3n) is 5.87. The van der Waals surface area contributed by atoms with Crippen LogP contribution in [0.1, 0.15) is 10.4 Å². The van der Waals surface area contributed by atoms with E-state index in [0.717, 1.165) is 39.0 Å². The van der Waals surface area contributed by atoms with Crippen LogP contribution in [0, 0.1) is 0 Å². The molecule has 1 heterocycles. The summed E-state index contributed by atoms with van der Waals surface area (Å²) < 4.78 is 16.4. The SMILES string of the molecule is COc1ccc(OCCOC(=O)c2cc(-c3ccc(-c4ccccc4)cc3)nc3ccccc23)cc1. The maximum Gasteiger partial charge on any atom is 0.339 e. The largest absolute Gasteiger partial charge is 0.497 e. The van der Waals surface area contributed by atoms with Gasteiger partial charge in [-0.3, -0.25) is 0 Å². The summed E-state index contributed by atoms with van der Waals surface area (Å²) in [5.74, 6) is 1.03. The Bertz CT molecular complexity index is 1460. The highest BCUT2D eigenvalue weighted by atomic mass is 16.6. The van der Waals surface area contributed by atoms with E-state index in [9.17, 15) is 4.79 Å². The van der Waals surface area contributed by atoms with E-state index >= 15 is 0 Å². The molecule has 0 amide bonds. The van der Waals surface area contributed by atoms with Crippen LogP contribution in [-0.2, 0) is 4.74 Å². The molecule has 5 nitrogen and oxygen atoms in total. The minimum absolute atomic E-state index is 0.128. The number of methoxy groups -OCH3 is 1. The standard InChI is InChI=1S/C31H25NO4/c1-34-25-15-17-26(18-16-25)35-19-20-36-31(33)28-21-30(32-29-10-6-5-9-27(28)29)24-13-11-23(12-14-24)22-7-3-2-4-8-22/h2-18,21H,19-20H2,1H3. The van der Waals surface area contributed by atoms with Gasteiger partial charge in [-0.25, -0.2) is 9.78 Å². The van der Waals surface area contributed by atoms with Crippen molar-refractivity contribution in [2.24, 2.45) is 0 Å². The molecule has 0 saturated heterocycles. The van der Waals surface area contributed by atoms with Crippen LogP contribution in [0.4, 0.5) is 0 Å². The van der Waals surface area contributed by atoms with Crippen LogP contribution in [0.15, 0.2) is 109 Å². The van der Waals surface area contributed by atoms with Crippen LogP contribution in [0.3, 0.4) is 0 Å². The average molecular weight is 476 g/mol. The number of esters is 1. The van der Waals surface area contributed by atoms with Crippen LogP contribution in [0.25, 0.3) is 33.3 Å². The smallest absolute Gasteiger partial charge is 0.339 e. The molecule has 0 aliphatic rings. The third-order valence-corrected chi connectivity index (χ3v) is 5.87. The summed E-state index contributed by atoms with van der Waals surface area (Å²) in [6, 6.07) is 35.0. The van der Waals surface area contributed by atoms with Gasteiger partial charge in [-0.1, -0.05) is 72.8 Å². The number of carbonyl (C=O) groups is 1. The average Bonchev–Trinajstić information content (AvgIpc) is 2.95. The molecular weight excluding hydrogens is 450 g/mol. The molecule has 5 rings (SSSR count). The molecule has 4 aromatic carbocycles. The normalized spacial score (nSPS) is 10.7. The Morgan fingerprint density at radius 2 is 1.33 bits per heavy atom. The van der Waals surface area contributed by atoms with Crippen LogP contribution in [0.5, 0.6) is 11.5 Å². The maximum absolute atomic E-state index is 13.1. The zero-order valence-corrected chi connectivity index (χ0v) is 19.9. The van der Waals surface area contributed by atoms with Crippen molar-refractivity contribution in [1.29, 1.82) is 0 Å². The summed E-state index contributed by atoms with van der Waals surface area (Å²) >= 11 is 0. The Hall–Kier alpha value is -4.64. The highest BCUT2D eigenvalue weighted by Gasteiger charge is 2.15. The van der Waals surface area contributed by atoms with Gasteiger partial charge in [0.05, 0.1) is 23.9 Å². The van der Waals surface area contributed by atoms with Crippen molar-refractivity contribution in [1.82, 2.24) is 4.98 Å². The molecule has 5 aromatic rings. The van der Waals surface area contributed by atoms with Gasteiger partial charge in [-0.2, -0.15) is 0 Å². The minimum Gasteiger partial charge on any atom is -0.497 e. The molecule has 0 bridgehead atoms. The summed E-state index contributed by atoms with van der Waals surface area (Å²) in [5, 5.41) is 0.753. The van der Waals surface area contributed by atoms with Crippen molar-refractivity contribution in [3.63, 3.8) is 0 Å². The predicted octanol–water partition coefficient (Wildman–Crippen LogP) is 6.81. The number of pyridine rings is 1. The molecule has 0 aliphatic carbocycles. The van der Waals surface area contributed by atoms with Crippen molar-refractivity contribution in [3.05, 3.63) is 115 Å². The van der Waals surface area contributed by atoms with Gasteiger partial charge in [-0.15, -0.1) is 0 Å². The van der Waals surface area contributed by atoms with Gasteiger partial charge in [0.25, 0.3) is 0 Å². The lowest BCUT2D eigenvalue weighted by molar-refractivity contribution is 0.0452. The fourth-order valence-electron chi connectivity index (χ4n) is 4.00. The van der Waals surface area contributed by atoms with Crippen molar-refractivity contribution < 1.29 is 19.0 Å². The minimum atomic E-state index is -0.408. The highest BCUT2D eigenvalue weighted by molar-refractivity contribution is 6.04. The first kappa shape index (κ1) is 23.1. The van der Waals surface area contributed by atoms with Gasteiger partial charge in [0, 0.05) is 10.9 Å². The topological polar surface area (TPSA) is 57.7 Å². The molecule has 5 heteroatoms. The summed E-state index contributed by atoms with van der Waals surface area (Å²) in [6.07, 6.45) is 0. The van der Waals surface area contributed by atoms with Crippen molar-refractivity contribution >= 4 is 16.9 Å². The van der Waals surface area contributed by atoms with Crippen molar-refractivity contribution in [2.75, 3.05) is 20.3 Å². The zero-order valence-electron chi connectivity index (χ0n) is 19.9. The van der Waals surface area contributed by atoms with Gasteiger partial charge in [-0.05, 0) is 47.5 Å². The number of rotatable bonds is 8. The van der Waals surface area contributed by atoms with Crippen LogP contribution >= 0.6 is 0 Å². The van der Waals surface area contributed by atoms with Gasteiger partial charge < -0.3 is 14.2 Å². The molecular formula is C31H25NO4. The van der Waals surface area contributed by atoms with E-state index in [2.05, 4.69) is 24.3 Å². The van der Waals surface area contributed by atoms with E-state index in [1.807, 2.05) is 78.9 Å². The number of para-hydroxylation sites is 1. The second-order valence-electron chi connectivity index (χ2n) is 8.18. The molecule has 0 spiro atoms. The lowest BCUT2D eigenvalue weighted by Gasteiger charge is -2.11. The number of carbonyl (C=O) groups excluding carboxylic acids is 1. The number of fused-ring (bicyclic) bond motifs is 1. The first-order valence-electron chi connectivity index (χ1n) is 11.7. The number of benzene rings is 4. The van der Waals surface area contributed by atoms with E-state index in [-0.39, 0.29) is 13.2 Å². The molecule has 178 valence electrons. The first-order valence-corrected chi connectivity index (χ1v) is 11.7.